The fraction of sp³-hybridized carbons (Fsp3) is 0.286. The van der Waals surface area contributed by atoms with E-state index in [-0.39, 0.29) is 0 Å². The number of piperidine rings is 1. The van der Waals surface area contributed by atoms with Crippen LogP contribution in [0.25, 0.3) is 0 Å². The Bertz CT molecular complexity index is 392. The molecule has 0 bridgehead atoms. The Kier molecular flexibility index (Phi) is 3.42. The van der Waals surface area contributed by atoms with E-state index >= 15 is 0 Å². The Hall–Kier alpha value is -1.54. The zero-order valence-corrected chi connectivity index (χ0v) is 9.52. The minimum absolute atomic E-state index is 0.921. The highest BCUT2D eigenvalue weighted by molar-refractivity contribution is 5.31. The van der Waals surface area contributed by atoms with Gasteiger partial charge in [0, 0.05) is 19.6 Å². The first kappa shape index (κ1) is 11.0. The highest BCUT2D eigenvalue weighted by Gasteiger charge is 2.16. The van der Waals surface area contributed by atoms with E-state index < -0.39 is 0 Å². The summed E-state index contributed by atoms with van der Waals surface area (Å²) in [6, 6.07) is 10.5. The highest BCUT2D eigenvalue weighted by atomic mass is 15.1. The second-order valence-electron chi connectivity index (χ2n) is 4.24. The smallest absolute Gasteiger partial charge is 0.0254 e. The van der Waals surface area contributed by atoms with Crippen molar-refractivity contribution in [2.75, 3.05) is 13.1 Å². The summed E-state index contributed by atoms with van der Waals surface area (Å²) < 4.78 is 0. The lowest BCUT2D eigenvalue weighted by atomic mass is 10.00. The maximum atomic E-state index is 5.60. The van der Waals surface area contributed by atoms with Gasteiger partial charge >= 0.3 is 0 Å². The quantitative estimate of drug-likeness (QED) is 0.818. The van der Waals surface area contributed by atoms with E-state index in [0.29, 0.717) is 0 Å². The number of nitrogens with two attached hydrogens (primary N) is 1. The van der Waals surface area contributed by atoms with Crippen molar-refractivity contribution in [1.29, 1.82) is 0 Å². The van der Waals surface area contributed by atoms with Crippen LogP contribution >= 0.6 is 0 Å². The molecular weight excluding hydrogens is 196 g/mol. The van der Waals surface area contributed by atoms with Crippen LogP contribution < -0.4 is 5.73 Å². The lowest BCUT2D eigenvalue weighted by Crippen LogP contribution is -2.32. The molecule has 2 N–H and O–H groups in total. The van der Waals surface area contributed by atoms with Crippen LogP contribution in [0.5, 0.6) is 0 Å². The molecule has 2 heteroatoms. The van der Waals surface area contributed by atoms with Crippen molar-refractivity contribution in [1.82, 2.24) is 4.90 Å². The largest absolute Gasteiger partial charge is 0.404 e. The first-order valence-electron chi connectivity index (χ1n) is 5.65. The van der Waals surface area contributed by atoms with Gasteiger partial charge in [-0.2, -0.15) is 0 Å². The molecule has 1 aromatic carbocycles. The molecule has 1 heterocycles. The zero-order chi connectivity index (χ0) is 11.4. The van der Waals surface area contributed by atoms with Crippen LogP contribution in [-0.2, 0) is 6.54 Å². The SMILES string of the molecule is C=C1CCN(Cc2ccccc2)C/C1=C/N. The Morgan fingerprint density at radius 2 is 2.06 bits per heavy atom. The number of hydrogen-bond donors (Lipinski definition) is 1. The molecule has 2 rings (SSSR count). The second kappa shape index (κ2) is 4.99. The van der Waals surface area contributed by atoms with Gasteiger partial charge in [-0.1, -0.05) is 36.9 Å². The van der Waals surface area contributed by atoms with E-state index in [9.17, 15) is 0 Å². The molecule has 1 aromatic rings. The first-order chi connectivity index (χ1) is 7.79. The van der Waals surface area contributed by atoms with E-state index in [4.69, 9.17) is 5.73 Å². The number of likely N-dealkylation sites (tertiary alicyclic amines) is 1. The van der Waals surface area contributed by atoms with Crippen LogP contribution in [0.2, 0.25) is 0 Å². The molecule has 0 aromatic heterocycles. The van der Waals surface area contributed by atoms with E-state index in [1.54, 1.807) is 6.20 Å². The Balaban J connectivity index is 2.00. The van der Waals surface area contributed by atoms with Gasteiger partial charge in [0.25, 0.3) is 0 Å². The molecule has 2 nitrogen and oxygen atoms in total. The van der Waals surface area contributed by atoms with Gasteiger partial charge in [0.15, 0.2) is 0 Å². The van der Waals surface area contributed by atoms with E-state index in [0.717, 1.165) is 26.1 Å². The highest BCUT2D eigenvalue weighted by Crippen LogP contribution is 2.20. The molecule has 0 radical (unpaired) electrons. The summed E-state index contributed by atoms with van der Waals surface area (Å²) in [6.07, 6.45) is 2.72. The first-order valence-corrected chi connectivity index (χ1v) is 5.65. The molecule has 0 amide bonds. The molecule has 0 spiro atoms. The minimum atomic E-state index is 0.921. The lowest BCUT2D eigenvalue weighted by molar-refractivity contribution is 0.277. The van der Waals surface area contributed by atoms with E-state index in [1.807, 2.05) is 6.07 Å². The minimum Gasteiger partial charge on any atom is -0.404 e. The Morgan fingerprint density at radius 3 is 2.75 bits per heavy atom. The van der Waals surface area contributed by atoms with Gasteiger partial charge in [0.05, 0.1) is 0 Å². The van der Waals surface area contributed by atoms with Crippen molar-refractivity contribution in [3.05, 3.63) is 59.8 Å². The van der Waals surface area contributed by atoms with E-state index in [2.05, 4.69) is 35.7 Å². The predicted molar refractivity (Wildman–Crippen MR) is 67.7 cm³/mol. The Morgan fingerprint density at radius 1 is 1.31 bits per heavy atom. The van der Waals surface area contributed by atoms with Crippen molar-refractivity contribution in [3.8, 4) is 0 Å². The summed E-state index contributed by atoms with van der Waals surface area (Å²) in [4.78, 5) is 2.41. The van der Waals surface area contributed by atoms with Gasteiger partial charge in [0.1, 0.15) is 0 Å². The average molecular weight is 214 g/mol. The van der Waals surface area contributed by atoms with Crippen molar-refractivity contribution in [3.63, 3.8) is 0 Å². The van der Waals surface area contributed by atoms with Crippen LogP contribution in [0.1, 0.15) is 12.0 Å². The molecule has 84 valence electrons. The molecule has 0 saturated carbocycles. The fourth-order valence-corrected chi connectivity index (χ4v) is 2.03. The van der Waals surface area contributed by atoms with Gasteiger partial charge < -0.3 is 5.73 Å². The normalized spacial score (nSPS) is 20.2. The third kappa shape index (κ3) is 2.52. The lowest BCUT2D eigenvalue weighted by Gasteiger charge is -2.29. The van der Waals surface area contributed by atoms with Gasteiger partial charge in [-0.15, -0.1) is 0 Å². The van der Waals surface area contributed by atoms with Crippen LogP contribution in [0.15, 0.2) is 54.3 Å². The third-order valence-corrected chi connectivity index (χ3v) is 3.03. The standard InChI is InChI=1S/C14H18N2/c1-12-7-8-16(11-14(12)9-15)10-13-5-3-2-4-6-13/h2-6,9H,1,7-8,10-11,15H2/b14-9-. The van der Waals surface area contributed by atoms with Gasteiger partial charge in [-0.25, -0.2) is 0 Å². The number of nitrogens with zero attached hydrogens (tertiary/aromatic N) is 1. The maximum absolute atomic E-state index is 5.60. The van der Waals surface area contributed by atoms with Gasteiger partial charge in [-0.05, 0) is 29.3 Å². The molecule has 0 atom stereocenters. The van der Waals surface area contributed by atoms with E-state index in [1.165, 1.54) is 16.7 Å². The van der Waals surface area contributed by atoms with Crippen molar-refractivity contribution >= 4 is 0 Å². The maximum Gasteiger partial charge on any atom is 0.0254 e. The van der Waals surface area contributed by atoms with Crippen LogP contribution in [0, 0.1) is 0 Å². The third-order valence-electron chi connectivity index (χ3n) is 3.03. The van der Waals surface area contributed by atoms with Gasteiger partial charge in [0.2, 0.25) is 0 Å². The summed E-state index contributed by atoms with van der Waals surface area (Å²) in [6.45, 7) is 7.02. The summed E-state index contributed by atoms with van der Waals surface area (Å²) in [5.41, 5.74) is 9.32. The molecule has 1 aliphatic heterocycles. The fourth-order valence-electron chi connectivity index (χ4n) is 2.03. The van der Waals surface area contributed by atoms with Crippen LogP contribution in [0.4, 0.5) is 0 Å². The number of hydrogen-bond acceptors (Lipinski definition) is 2. The summed E-state index contributed by atoms with van der Waals surface area (Å²) in [5.74, 6) is 0. The van der Waals surface area contributed by atoms with Gasteiger partial charge in [-0.3, -0.25) is 4.90 Å². The summed E-state index contributed by atoms with van der Waals surface area (Å²) in [5, 5.41) is 0. The zero-order valence-electron chi connectivity index (χ0n) is 9.52. The molecule has 1 aliphatic rings. The molecule has 1 saturated heterocycles. The molecule has 1 fully saturated rings. The molecular formula is C14H18N2. The van der Waals surface area contributed by atoms with Crippen molar-refractivity contribution < 1.29 is 0 Å². The van der Waals surface area contributed by atoms with Crippen molar-refractivity contribution in [2.45, 2.75) is 13.0 Å². The van der Waals surface area contributed by atoms with Crippen LogP contribution in [0.3, 0.4) is 0 Å². The number of benzene rings is 1. The summed E-state index contributed by atoms with van der Waals surface area (Å²) >= 11 is 0. The summed E-state index contributed by atoms with van der Waals surface area (Å²) in [7, 11) is 0. The van der Waals surface area contributed by atoms with Crippen LogP contribution in [-0.4, -0.2) is 18.0 Å². The molecule has 16 heavy (non-hydrogen) atoms. The monoisotopic (exact) mass is 214 g/mol. The molecule has 0 aliphatic carbocycles. The predicted octanol–water partition coefficient (Wildman–Crippen LogP) is 2.29. The number of rotatable bonds is 2. The second-order valence-corrected chi connectivity index (χ2v) is 4.24. The average Bonchev–Trinajstić information content (AvgIpc) is 2.33. The topological polar surface area (TPSA) is 29.3 Å². The Labute approximate surface area is 97.1 Å². The van der Waals surface area contributed by atoms with Crippen molar-refractivity contribution in [2.24, 2.45) is 5.73 Å². The molecule has 0 unspecified atom stereocenters.